The van der Waals surface area contributed by atoms with E-state index in [1.54, 1.807) is 31.2 Å². The van der Waals surface area contributed by atoms with Crippen LogP contribution in [0.15, 0.2) is 52.5 Å². The van der Waals surface area contributed by atoms with Crippen LogP contribution in [0.5, 0.6) is 0 Å². The molecule has 5 rings (SSSR count). The zero-order valence-electron chi connectivity index (χ0n) is 18.0. The Morgan fingerprint density at radius 1 is 0.794 bits per heavy atom. The smallest absolute Gasteiger partial charge is 0.103 e. The highest BCUT2D eigenvalue weighted by atomic mass is 15.1. The average Bonchev–Trinajstić information content (AvgIpc) is 3.38. The van der Waals surface area contributed by atoms with E-state index in [1.165, 1.54) is 0 Å². The predicted octanol–water partition coefficient (Wildman–Crippen LogP) is 4.55. The molecule has 1 heterocycles. The fourth-order valence-corrected chi connectivity index (χ4v) is 4.67. The fourth-order valence-electron chi connectivity index (χ4n) is 4.67. The highest BCUT2D eigenvalue weighted by molar-refractivity contribution is 6.12. The summed E-state index contributed by atoms with van der Waals surface area (Å²) < 4.78 is 0. The third kappa shape index (κ3) is 2.69. The molecule has 0 atom stereocenters. The molecule has 1 aromatic heterocycles. The standard InChI is InChI=1S/C27H13N7/c1-14(9-28)22-20-7-15(10-29)3-5-18(20)24-25-23(17(12-31)13-32-2)21-8-16(11-30)4-6-19(21)26(25)33-34-27(22)24/h3-8H,2,13H2,1H3/b22-14+,23-17-. The van der Waals surface area contributed by atoms with E-state index >= 15 is 0 Å². The van der Waals surface area contributed by atoms with Gasteiger partial charge in [0.2, 0.25) is 0 Å². The van der Waals surface area contributed by atoms with Gasteiger partial charge in [0.1, 0.15) is 11.4 Å². The maximum atomic E-state index is 10.0. The van der Waals surface area contributed by atoms with Gasteiger partial charge in [-0.05, 0) is 54.6 Å². The summed E-state index contributed by atoms with van der Waals surface area (Å²) >= 11 is 0. The lowest BCUT2D eigenvalue weighted by Crippen LogP contribution is -1.99. The first-order chi connectivity index (χ1) is 16.6. The first-order valence-corrected chi connectivity index (χ1v) is 10.3. The summed E-state index contributed by atoms with van der Waals surface area (Å²) in [4.78, 5) is 3.94. The second-order valence-corrected chi connectivity index (χ2v) is 7.85. The molecule has 0 saturated carbocycles. The zero-order valence-corrected chi connectivity index (χ0v) is 18.0. The van der Waals surface area contributed by atoms with Crippen LogP contribution in [0.1, 0.15) is 40.4 Å². The van der Waals surface area contributed by atoms with E-state index in [0.29, 0.717) is 55.9 Å². The van der Waals surface area contributed by atoms with Gasteiger partial charge in [-0.15, -0.1) is 10.2 Å². The van der Waals surface area contributed by atoms with Crippen molar-refractivity contribution < 1.29 is 0 Å². The number of rotatable bonds is 2. The van der Waals surface area contributed by atoms with Crippen molar-refractivity contribution in [1.82, 2.24) is 10.2 Å². The van der Waals surface area contributed by atoms with Crippen molar-refractivity contribution in [2.24, 2.45) is 4.99 Å². The first kappa shape index (κ1) is 20.5. The molecule has 7 heteroatoms. The molecule has 0 N–H and O–H groups in total. The van der Waals surface area contributed by atoms with Crippen LogP contribution < -0.4 is 0 Å². The fraction of sp³-hybridized carbons (Fsp3) is 0.0741. The molecule has 156 valence electrons. The van der Waals surface area contributed by atoms with Gasteiger partial charge in [0.25, 0.3) is 0 Å². The average molecular weight is 435 g/mol. The lowest BCUT2D eigenvalue weighted by atomic mass is 9.92. The van der Waals surface area contributed by atoms with Gasteiger partial charge < -0.3 is 0 Å². The van der Waals surface area contributed by atoms with Crippen LogP contribution in [0.2, 0.25) is 0 Å². The molecule has 2 aliphatic rings. The van der Waals surface area contributed by atoms with Gasteiger partial charge in [-0.1, -0.05) is 12.1 Å². The molecule has 7 nitrogen and oxygen atoms in total. The zero-order chi connectivity index (χ0) is 24.0. The van der Waals surface area contributed by atoms with E-state index in [-0.39, 0.29) is 6.54 Å². The SMILES string of the molecule is C=NC/C(C#N)=C1/c2cc(C#N)ccc2-c2nnc3c(c21)-c1ccc(C#N)cc1/C3=C(/C)C#N. The van der Waals surface area contributed by atoms with Gasteiger partial charge in [-0.3, -0.25) is 4.99 Å². The summed E-state index contributed by atoms with van der Waals surface area (Å²) in [6, 6.07) is 19.3. The Bertz CT molecular complexity index is 1690. The van der Waals surface area contributed by atoms with Crippen LogP contribution in [-0.2, 0) is 0 Å². The number of benzene rings is 2. The second kappa shape index (κ2) is 7.64. The maximum absolute atomic E-state index is 10.0. The van der Waals surface area contributed by atoms with Crippen LogP contribution in [0.4, 0.5) is 0 Å². The Balaban J connectivity index is 1.97. The Labute approximate surface area is 195 Å². The summed E-state index contributed by atoms with van der Waals surface area (Å²) in [6.45, 7) is 5.35. The van der Waals surface area contributed by atoms with E-state index in [9.17, 15) is 21.0 Å². The molecule has 0 radical (unpaired) electrons. The Hall–Kier alpha value is -5.37. The Kier molecular flexibility index (Phi) is 4.62. The Morgan fingerprint density at radius 2 is 1.41 bits per heavy atom. The molecular formula is C27H13N7. The number of hydrogen-bond donors (Lipinski definition) is 0. The summed E-state index contributed by atoms with van der Waals surface area (Å²) in [5.74, 6) is 0. The summed E-state index contributed by atoms with van der Waals surface area (Å²) in [5, 5.41) is 47.6. The van der Waals surface area contributed by atoms with Crippen LogP contribution >= 0.6 is 0 Å². The number of aromatic nitrogens is 2. The lowest BCUT2D eigenvalue weighted by molar-refractivity contribution is 1.02. The minimum atomic E-state index is 0.0960. The molecule has 3 aromatic rings. The topological polar surface area (TPSA) is 133 Å². The molecule has 2 aromatic carbocycles. The van der Waals surface area contributed by atoms with Crippen molar-refractivity contribution in [3.8, 4) is 46.7 Å². The number of fused-ring (bicyclic) bond motifs is 7. The van der Waals surface area contributed by atoms with Crippen molar-refractivity contribution in [3.05, 3.63) is 81.1 Å². The van der Waals surface area contributed by atoms with Crippen molar-refractivity contribution in [1.29, 1.82) is 21.0 Å². The third-order valence-corrected chi connectivity index (χ3v) is 6.07. The molecular weight excluding hydrogens is 422 g/mol. The van der Waals surface area contributed by atoms with Gasteiger partial charge >= 0.3 is 0 Å². The number of aliphatic imine (C=N–C) groups is 1. The van der Waals surface area contributed by atoms with Gasteiger partial charge in [0.15, 0.2) is 0 Å². The van der Waals surface area contributed by atoms with E-state index in [2.05, 4.69) is 46.2 Å². The lowest BCUT2D eigenvalue weighted by Gasteiger charge is -2.11. The van der Waals surface area contributed by atoms with Crippen LogP contribution in [0.3, 0.4) is 0 Å². The van der Waals surface area contributed by atoms with Crippen LogP contribution in [0.25, 0.3) is 33.5 Å². The monoisotopic (exact) mass is 435 g/mol. The number of allylic oxidation sites excluding steroid dienone is 1. The molecule has 0 fully saturated rings. The van der Waals surface area contributed by atoms with Crippen LogP contribution in [-0.4, -0.2) is 23.5 Å². The van der Waals surface area contributed by atoms with Crippen molar-refractivity contribution in [3.63, 3.8) is 0 Å². The summed E-state index contributed by atoms with van der Waals surface area (Å²) in [7, 11) is 0. The second-order valence-electron chi connectivity index (χ2n) is 7.85. The van der Waals surface area contributed by atoms with Gasteiger partial charge in [0.05, 0.1) is 47.5 Å². The number of nitriles is 4. The van der Waals surface area contributed by atoms with E-state index in [4.69, 9.17) is 0 Å². The maximum Gasteiger partial charge on any atom is 0.103 e. The van der Waals surface area contributed by atoms with E-state index < -0.39 is 0 Å². The third-order valence-electron chi connectivity index (χ3n) is 6.07. The summed E-state index contributed by atoms with van der Waals surface area (Å²) in [6.07, 6.45) is 0. The number of hydrogen-bond acceptors (Lipinski definition) is 7. The molecule has 34 heavy (non-hydrogen) atoms. The van der Waals surface area contributed by atoms with Crippen LogP contribution in [0, 0.1) is 45.3 Å². The van der Waals surface area contributed by atoms with Gasteiger partial charge in [0, 0.05) is 33.4 Å². The molecule has 0 unspecified atom stereocenters. The minimum Gasteiger partial charge on any atom is -0.295 e. The quantitative estimate of drug-likeness (QED) is 0.295. The predicted molar refractivity (Wildman–Crippen MR) is 126 cm³/mol. The largest absolute Gasteiger partial charge is 0.295 e. The highest BCUT2D eigenvalue weighted by Gasteiger charge is 2.38. The molecule has 0 saturated heterocycles. The molecule has 0 amide bonds. The number of nitrogens with zero attached hydrogens (tertiary/aromatic N) is 7. The molecule has 0 bridgehead atoms. The van der Waals surface area contributed by atoms with Gasteiger partial charge in [-0.2, -0.15) is 21.0 Å². The molecule has 0 spiro atoms. The normalized spacial score (nSPS) is 14.9. The molecule has 2 aliphatic carbocycles. The van der Waals surface area contributed by atoms with E-state index in [1.807, 2.05) is 12.1 Å². The first-order valence-electron chi connectivity index (χ1n) is 10.3. The highest BCUT2D eigenvalue weighted by Crippen LogP contribution is 2.54. The molecule has 0 aliphatic heterocycles. The van der Waals surface area contributed by atoms with E-state index in [0.717, 1.165) is 22.3 Å². The van der Waals surface area contributed by atoms with Gasteiger partial charge in [-0.25, -0.2) is 0 Å². The van der Waals surface area contributed by atoms with Crippen molar-refractivity contribution in [2.45, 2.75) is 6.92 Å². The van der Waals surface area contributed by atoms with Crippen molar-refractivity contribution >= 4 is 17.9 Å². The minimum absolute atomic E-state index is 0.0960. The summed E-state index contributed by atoms with van der Waals surface area (Å²) in [5.41, 5.74) is 8.60. The van der Waals surface area contributed by atoms with Crippen molar-refractivity contribution in [2.75, 3.05) is 6.54 Å². The Morgan fingerprint density at radius 3 is 2.00 bits per heavy atom.